The van der Waals surface area contributed by atoms with Crippen molar-refractivity contribution in [1.29, 1.82) is 0 Å². The zero-order chi connectivity index (χ0) is 21.1. The molecule has 0 radical (unpaired) electrons. The first-order valence-corrected chi connectivity index (χ1v) is 12.2. The summed E-state index contributed by atoms with van der Waals surface area (Å²) in [5.74, 6) is -0.244. The molecule has 0 spiro atoms. The molecule has 0 aromatic heterocycles. The summed E-state index contributed by atoms with van der Waals surface area (Å²) in [5.41, 5.74) is 0.499. The van der Waals surface area contributed by atoms with E-state index in [0.29, 0.717) is 12.2 Å². The minimum absolute atomic E-state index is 0.244. The predicted molar refractivity (Wildman–Crippen MR) is 123 cm³/mol. The second-order valence-electron chi connectivity index (χ2n) is 8.69. The summed E-state index contributed by atoms with van der Waals surface area (Å²) in [6, 6.07) is 0. The van der Waals surface area contributed by atoms with Gasteiger partial charge in [-0.3, -0.25) is 0 Å². The first kappa shape index (κ1) is 27.2. The van der Waals surface area contributed by atoms with Crippen LogP contribution in [0.3, 0.4) is 0 Å². The van der Waals surface area contributed by atoms with Crippen molar-refractivity contribution >= 4 is 5.97 Å². The fourth-order valence-corrected chi connectivity index (χ4v) is 3.98. The van der Waals surface area contributed by atoms with Crippen LogP contribution in [-0.2, 0) is 9.53 Å². The molecule has 0 fully saturated rings. The van der Waals surface area contributed by atoms with Crippen molar-refractivity contribution in [2.45, 2.75) is 111 Å². The van der Waals surface area contributed by atoms with Crippen LogP contribution >= 0.6 is 0 Å². The highest BCUT2D eigenvalue weighted by atomic mass is 16.5. The second kappa shape index (κ2) is 18.2. The quantitative estimate of drug-likeness (QED) is 0.0953. The minimum Gasteiger partial charge on any atom is -0.462 e. The van der Waals surface area contributed by atoms with Gasteiger partial charge < -0.3 is 9.22 Å². The third-order valence-electron chi connectivity index (χ3n) is 5.82. The third kappa shape index (κ3) is 14.2. The molecule has 0 aromatic rings. The maximum absolute atomic E-state index is 11.7. The average molecular weight is 397 g/mol. The molecule has 166 valence electrons. The van der Waals surface area contributed by atoms with Gasteiger partial charge in [-0.25, -0.2) is 4.79 Å². The standard InChI is InChI=1S/C25H50NO2/c1-6-9-12-15-19-26(20-16-13-10-7-2,21-17-14-11-8-3)22-18-23-28-25(27)24(4)5/h4,6-23H2,1-3,5H3/q+1. The lowest BCUT2D eigenvalue weighted by Crippen LogP contribution is -2.51. The SMILES string of the molecule is C=C(C)C(=O)OCCC[N+](CCCCCC)(CCCCCC)CCCCCC. The number of esters is 1. The first-order valence-electron chi connectivity index (χ1n) is 12.2. The van der Waals surface area contributed by atoms with Crippen molar-refractivity contribution in [3.05, 3.63) is 12.2 Å². The summed E-state index contributed by atoms with van der Waals surface area (Å²) in [4.78, 5) is 11.7. The van der Waals surface area contributed by atoms with E-state index in [0.717, 1.165) is 13.0 Å². The van der Waals surface area contributed by atoms with Gasteiger partial charge in [0, 0.05) is 12.0 Å². The molecule has 0 atom stereocenters. The zero-order valence-electron chi connectivity index (χ0n) is 19.7. The number of unbranched alkanes of at least 4 members (excludes halogenated alkanes) is 9. The van der Waals surface area contributed by atoms with E-state index in [1.54, 1.807) is 6.92 Å². The van der Waals surface area contributed by atoms with Gasteiger partial charge in [0.25, 0.3) is 0 Å². The fourth-order valence-electron chi connectivity index (χ4n) is 3.98. The van der Waals surface area contributed by atoms with Gasteiger partial charge in [0.05, 0.1) is 32.8 Å². The van der Waals surface area contributed by atoms with E-state index >= 15 is 0 Å². The van der Waals surface area contributed by atoms with Gasteiger partial charge in [-0.05, 0) is 45.4 Å². The molecular weight excluding hydrogens is 346 g/mol. The van der Waals surface area contributed by atoms with Crippen LogP contribution in [-0.4, -0.2) is 43.2 Å². The van der Waals surface area contributed by atoms with Crippen LogP contribution in [0.15, 0.2) is 12.2 Å². The number of carbonyl (C=O) groups excluding carboxylic acids is 1. The highest BCUT2D eigenvalue weighted by Crippen LogP contribution is 2.18. The molecule has 0 aromatic carbocycles. The van der Waals surface area contributed by atoms with Gasteiger partial charge in [-0.2, -0.15) is 0 Å². The van der Waals surface area contributed by atoms with Gasteiger partial charge in [0.1, 0.15) is 0 Å². The minimum atomic E-state index is -0.244. The molecule has 3 heteroatoms. The number of ether oxygens (including phenoxy) is 1. The predicted octanol–water partition coefficient (Wildman–Crippen LogP) is 7.05. The van der Waals surface area contributed by atoms with Crippen LogP contribution in [0.2, 0.25) is 0 Å². The van der Waals surface area contributed by atoms with E-state index < -0.39 is 0 Å². The lowest BCUT2D eigenvalue weighted by atomic mass is 10.1. The van der Waals surface area contributed by atoms with E-state index in [1.807, 2.05) is 0 Å². The van der Waals surface area contributed by atoms with Crippen molar-refractivity contribution in [3.63, 3.8) is 0 Å². The van der Waals surface area contributed by atoms with Crippen molar-refractivity contribution in [1.82, 2.24) is 0 Å². The Labute approximate surface area is 176 Å². The Morgan fingerprint density at radius 2 is 1.07 bits per heavy atom. The van der Waals surface area contributed by atoms with Gasteiger partial charge in [0.2, 0.25) is 0 Å². The molecule has 0 saturated carbocycles. The molecule has 3 nitrogen and oxygen atoms in total. The monoisotopic (exact) mass is 396 g/mol. The summed E-state index contributed by atoms with van der Waals surface area (Å²) < 4.78 is 6.62. The molecular formula is C25H50NO2+. The highest BCUT2D eigenvalue weighted by molar-refractivity contribution is 5.86. The van der Waals surface area contributed by atoms with Crippen LogP contribution < -0.4 is 0 Å². The zero-order valence-corrected chi connectivity index (χ0v) is 19.7. The number of hydrogen-bond acceptors (Lipinski definition) is 2. The Morgan fingerprint density at radius 3 is 1.43 bits per heavy atom. The summed E-state index contributed by atoms with van der Waals surface area (Å²) in [6.45, 7) is 17.8. The van der Waals surface area contributed by atoms with Crippen molar-refractivity contribution in [3.8, 4) is 0 Å². The highest BCUT2D eigenvalue weighted by Gasteiger charge is 2.26. The lowest BCUT2D eigenvalue weighted by Gasteiger charge is -2.39. The fraction of sp³-hybridized carbons (Fsp3) is 0.880. The lowest BCUT2D eigenvalue weighted by molar-refractivity contribution is -0.929. The molecule has 0 aliphatic rings. The molecule has 0 rings (SSSR count). The van der Waals surface area contributed by atoms with Crippen LogP contribution in [0.25, 0.3) is 0 Å². The van der Waals surface area contributed by atoms with Crippen LogP contribution in [0.5, 0.6) is 0 Å². The molecule has 0 heterocycles. The molecule has 0 aliphatic carbocycles. The molecule has 0 bridgehead atoms. The Bertz CT molecular complexity index is 361. The number of rotatable bonds is 20. The number of hydrogen-bond donors (Lipinski definition) is 0. The Morgan fingerprint density at radius 1 is 0.679 bits per heavy atom. The van der Waals surface area contributed by atoms with E-state index in [-0.39, 0.29) is 5.97 Å². The van der Waals surface area contributed by atoms with Crippen molar-refractivity contribution in [2.75, 3.05) is 32.8 Å². The Balaban J connectivity index is 4.79. The van der Waals surface area contributed by atoms with Gasteiger partial charge in [0.15, 0.2) is 0 Å². The molecule has 0 saturated heterocycles. The first-order chi connectivity index (χ1) is 13.5. The number of carbonyl (C=O) groups is 1. The summed E-state index contributed by atoms with van der Waals surface area (Å²) >= 11 is 0. The topological polar surface area (TPSA) is 26.3 Å². The average Bonchev–Trinajstić information content (AvgIpc) is 2.69. The van der Waals surface area contributed by atoms with Crippen molar-refractivity contribution in [2.24, 2.45) is 0 Å². The molecule has 0 amide bonds. The van der Waals surface area contributed by atoms with Gasteiger partial charge in [-0.1, -0.05) is 65.9 Å². The number of quaternary nitrogens is 1. The summed E-state index contributed by atoms with van der Waals surface area (Å²) in [7, 11) is 0. The molecule has 0 N–H and O–H groups in total. The smallest absolute Gasteiger partial charge is 0.333 e. The van der Waals surface area contributed by atoms with Crippen LogP contribution in [0.4, 0.5) is 0 Å². The third-order valence-corrected chi connectivity index (χ3v) is 5.82. The van der Waals surface area contributed by atoms with E-state index in [4.69, 9.17) is 4.74 Å². The Hall–Kier alpha value is -0.830. The maximum atomic E-state index is 11.7. The Kier molecular flexibility index (Phi) is 17.7. The maximum Gasteiger partial charge on any atom is 0.333 e. The van der Waals surface area contributed by atoms with E-state index in [1.165, 1.54) is 101 Å². The van der Waals surface area contributed by atoms with Crippen molar-refractivity contribution < 1.29 is 14.0 Å². The van der Waals surface area contributed by atoms with Crippen LogP contribution in [0.1, 0.15) is 111 Å². The number of nitrogens with zero attached hydrogens (tertiary/aromatic N) is 1. The normalized spacial score (nSPS) is 11.6. The van der Waals surface area contributed by atoms with E-state index in [9.17, 15) is 4.79 Å². The molecule has 0 aliphatic heterocycles. The largest absolute Gasteiger partial charge is 0.462 e. The summed E-state index contributed by atoms with van der Waals surface area (Å²) in [6.07, 6.45) is 17.0. The molecule has 0 unspecified atom stereocenters. The van der Waals surface area contributed by atoms with Gasteiger partial charge in [-0.15, -0.1) is 0 Å². The molecule has 28 heavy (non-hydrogen) atoms. The van der Waals surface area contributed by atoms with Gasteiger partial charge >= 0.3 is 5.97 Å². The summed E-state index contributed by atoms with van der Waals surface area (Å²) in [5, 5.41) is 0. The van der Waals surface area contributed by atoms with Crippen LogP contribution in [0, 0.1) is 0 Å². The second-order valence-corrected chi connectivity index (χ2v) is 8.69. The van der Waals surface area contributed by atoms with E-state index in [2.05, 4.69) is 27.4 Å².